The summed E-state index contributed by atoms with van der Waals surface area (Å²) in [7, 11) is 0. The average Bonchev–Trinajstić information content (AvgIpc) is 2.25. The predicted octanol–water partition coefficient (Wildman–Crippen LogP) is 1.58. The van der Waals surface area contributed by atoms with Gasteiger partial charge in [0, 0.05) is 12.8 Å². The van der Waals surface area contributed by atoms with Crippen molar-refractivity contribution in [3.63, 3.8) is 0 Å². The van der Waals surface area contributed by atoms with Crippen LogP contribution in [0.1, 0.15) is 39.0 Å². The van der Waals surface area contributed by atoms with Gasteiger partial charge in [0.25, 0.3) is 0 Å². The van der Waals surface area contributed by atoms with Crippen molar-refractivity contribution in [1.82, 2.24) is 0 Å². The Kier molecular flexibility index (Phi) is 2.60. The zero-order chi connectivity index (χ0) is 10.1. The number of aldehydes is 1. The molecule has 2 fully saturated rings. The number of ether oxygens (including phenoxy) is 1. The van der Waals surface area contributed by atoms with Crippen LogP contribution < -0.4 is 0 Å². The van der Waals surface area contributed by atoms with E-state index in [-0.39, 0.29) is 6.61 Å². The first-order chi connectivity index (χ1) is 6.68. The largest absolute Gasteiger partial charge is 0.344 e. The van der Waals surface area contributed by atoms with Crippen molar-refractivity contribution < 1.29 is 19.3 Å². The van der Waals surface area contributed by atoms with Gasteiger partial charge in [-0.25, -0.2) is 4.89 Å². The van der Waals surface area contributed by atoms with Gasteiger partial charge in [-0.2, -0.15) is 4.89 Å². The predicted molar refractivity (Wildman–Crippen MR) is 48.4 cm³/mol. The van der Waals surface area contributed by atoms with E-state index in [4.69, 9.17) is 14.5 Å². The molecule has 14 heavy (non-hydrogen) atoms. The van der Waals surface area contributed by atoms with Crippen LogP contribution in [0.15, 0.2) is 0 Å². The molecule has 4 heteroatoms. The van der Waals surface area contributed by atoms with Crippen molar-refractivity contribution in [3.05, 3.63) is 0 Å². The van der Waals surface area contributed by atoms with Crippen LogP contribution in [-0.2, 0) is 19.3 Å². The molecule has 2 aliphatic rings. The highest BCUT2D eigenvalue weighted by atomic mass is 17.2. The van der Waals surface area contributed by atoms with Gasteiger partial charge in [-0.3, -0.25) is 4.79 Å². The number of carbonyl (C=O) groups is 1. The highest BCUT2D eigenvalue weighted by molar-refractivity contribution is 5.61. The Labute approximate surface area is 83.4 Å². The number of hydrogen-bond acceptors (Lipinski definition) is 4. The van der Waals surface area contributed by atoms with Gasteiger partial charge in [-0.05, 0) is 19.8 Å². The van der Waals surface area contributed by atoms with Gasteiger partial charge < -0.3 is 4.74 Å². The molecule has 2 rings (SSSR count). The molecule has 0 bridgehead atoms. The van der Waals surface area contributed by atoms with Gasteiger partial charge in [0.05, 0.1) is 6.61 Å². The lowest BCUT2D eigenvalue weighted by Gasteiger charge is -2.42. The van der Waals surface area contributed by atoms with Crippen LogP contribution in [0.5, 0.6) is 0 Å². The Morgan fingerprint density at radius 1 is 1.14 bits per heavy atom. The first-order valence-electron chi connectivity index (χ1n) is 5.15. The maximum Gasteiger partial charge on any atom is 0.201 e. The van der Waals surface area contributed by atoms with Gasteiger partial charge in [0.15, 0.2) is 11.9 Å². The first kappa shape index (κ1) is 10.1. The van der Waals surface area contributed by atoms with Crippen molar-refractivity contribution in [3.8, 4) is 0 Å². The molecule has 0 aromatic carbocycles. The lowest BCUT2D eigenvalue weighted by Crippen LogP contribution is -2.52. The maximum absolute atomic E-state index is 10.7. The van der Waals surface area contributed by atoms with Crippen LogP contribution in [0.4, 0.5) is 0 Å². The molecule has 1 heterocycles. The fraction of sp³-hybridized carbons (Fsp3) is 0.900. The average molecular weight is 200 g/mol. The summed E-state index contributed by atoms with van der Waals surface area (Å²) in [4.78, 5) is 21.0. The molecular formula is C10H16O4. The summed E-state index contributed by atoms with van der Waals surface area (Å²) in [5.74, 6) is -0.569. The molecule has 1 spiro atoms. The van der Waals surface area contributed by atoms with Gasteiger partial charge in [0.2, 0.25) is 5.79 Å². The van der Waals surface area contributed by atoms with Crippen LogP contribution in [0, 0.1) is 0 Å². The molecule has 0 amide bonds. The molecular weight excluding hydrogens is 184 g/mol. The van der Waals surface area contributed by atoms with Crippen molar-refractivity contribution in [1.29, 1.82) is 0 Å². The minimum Gasteiger partial charge on any atom is -0.344 e. The quantitative estimate of drug-likeness (QED) is 0.476. The highest BCUT2D eigenvalue weighted by Crippen LogP contribution is 2.37. The molecule has 4 nitrogen and oxygen atoms in total. The third-order valence-electron chi connectivity index (χ3n) is 2.87. The first-order valence-corrected chi connectivity index (χ1v) is 5.15. The molecule has 1 aliphatic carbocycles. The highest BCUT2D eigenvalue weighted by Gasteiger charge is 2.44. The molecule has 0 aromatic rings. The summed E-state index contributed by atoms with van der Waals surface area (Å²) in [6.07, 6.45) is 5.87. The second kappa shape index (κ2) is 3.61. The molecule has 1 saturated heterocycles. The normalized spacial score (nSPS) is 36.9. The zero-order valence-electron chi connectivity index (χ0n) is 8.45. The van der Waals surface area contributed by atoms with E-state index in [0.29, 0.717) is 0 Å². The number of carbonyl (C=O) groups excluding carboxylic acids is 1. The second-order valence-corrected chi connectivity index (χ2v) is 4.36. The summed E-state index contributed by atoms with van der Waals surface area (Å²) in [5.41, 5.74) is -0.928. The van der Waals surface area contributed by atoms with E-state index in [9.17, 15) is 4.79 Å². The fourth-order valence-corrected chi connectivity index (χ4v) is 1.87. The van der Waals surface area contributed by atoms with Crippen molar-refractivity contribution in [2.24, 2.45) is 0 Å². The molecule has 0 N–H and O–H groups in total. The van der Waals surface area contributed by atoms with E-state index < -0.39 is 11.4 Å². The lowest BCUT2D eigenvalue weighted by atomic mass is 9.94. The molecule has 0 aromatic heterocycles. The Morgan fingerprint density at radius 3 is 2.36 bits per heavy atom. The SMILES string of the molecule is CC1(C=O)COC2(CCCCC2)OO1. The van der Waals surface area contributed by atoms with Crippen molar-refractivity contribution >= 4 is 6.29 Å². The molecule has 1 unspecified atom stereocenters. The fourth-order valence-electron chi connectivity index (χ4n) is 1.87. The lowest BCUT2D eigenvalue weighted by molar-refractivity contribution is -0.503. The van der Waals surface area contributed by atoms with E-state index in [1.807, 2.05) is 0 Å². The van der Waals surface area contributed by atoms with Crippen LogP contribution in [-0.4, -0.2) is 24.3 Å². The molecule has 1 aliphatic heterocycles. The minimum absolute atomic E-state index is 0.288. The van der Waals surface area contributed by atoms with E-state index in [0.717, 1.165) is 32.0 Å². The standard InChI is InChI=1S/C10H16O4/c1-9(7-11)8-12-10(14-13-9)5-3-2-4-6-10/h7H,2-6,8H2,1H3. The van der Waals surface area contributed by atoms with Gasteiger partial charge in [0.1, 0.15) is 0 Å². The van der Waals surface area contributed by atoms with E-state index in [2.05, 4.69) is 0 Å². The summed E-state index contributed by atoms with van der Waals surface area (Å²) in [5, 5.41) is 0. The Balaban J connectivity index is 1.97. The Bertz CT molecular complexity index is 210. The van der Waals surface area contributed by atoms with Crippen molar-refractivity contribution in [2.45, 2.75) is 50.4 Å². The number of rotatable bonds is 1. The molecule has 80 valence electrons. The topological polar surface area (TPSA) is 44.8 Å². The van der Waals surface area contributed by atoms with Crippen LogP contribution in [0.25, 0.3) is 0 Å². The van der Waals surface area contributed by atoms with Crippen LogP contribution in [0.2, 0.25) is 0 Å². The van der Waals surface area contributed by atoms with Gasteiger partial charge in [-0.1, -0.05) is 6.42 Å². The molecule has 0 radical (unpaired) electrons. The van der Waals surface area contributed by atoms with Crippen molar-refractivity contribution in [2.75, 3.05) is 6.61 Å². The monoisotopic (exact) mass is 200 g/mol. The number of hydrogen-bond donors (Lipinski definition) is 0. The summed E-state index contributed by atoms with van der Waals surface area (Å²) in [6, 6.07) is 0. The van der Waals surface area contributed by atoms with Crippen LogP contribution >= 0.6 is 0 Å². The van der Waals surface area contributed by atoms with Gasteiger partial charge in [-0.15, -0.1) is 0 Å². The van der Waals surface area contributed by atoms with E-state index >= 15 is 0 Å². The third-order valence-corrected chi connectivity index (χ3v) is 2.87. The summed E-state index contributed by atoms with van der Waals surface area (Å²) < 4.78 is 5.63. The Morgan fingerprint density at radius 2 is 1.86 bits per heavy atom. The minimum atomic E-state index is -0.928. The molecule has 1 saturated carbocycles. The van der Waals surface area contributed by atoms with E-state index in [1.54, 1.807) is 6.92 Å². The van der Waals surface area contributed by atoms with Crippen LogP contribution in [0.3, 0.4) is 0 Å². The summed E-state index contributed by atoms with van der Waals surface area (Å²) >= 11 is 0. The zero-order valence-corrected chi connectivity index (χ0v) is 8.45. The maximum atomic E-state index is 10.7. The molecule has 1 atom stereocenters. The van der Waals surface area contributed by atoms with Gasteiger partial charge >= 0.3 is 0 Å². The third kappa shape index (κ3) is 1.82. The smallest absolute Gasteiger partial charge is 0.201 e. The summed E-state index contributed by atoms with van der Waals surface area (Å²) in [6.45, 7) is 1.95. The Hall–Kier alpha value is -0.450. The van der Waals surface area contributed by atoms with E-state index in [1.165, 1.54) is 6.42 Å². The second-order valence-electron chi connectivity index (χ2n) is 4.36.